The van der Waals surface area contributed by atoms with E-state index in [2.05, 4.69) is 5.32 Å². The number of nitrogens with zero attached hydrogens (tertiary/aromatic N) is 2. The summed E-state index contributed by atoms with van der Waals surface area (Å²) in [4.78, 5) is 17.7. The number of carbonyl (C=O) groups excluding carboxylic acids is 1. The highest BCUT2D eigenvalue weighted by molar-refractivity contribution is 7.89. The van der Waals surface area contributed by atoms with Crippen LogP contribution in [0.1, 0.15) is 23.2 Å². The molecular weight excluding hydrogens is 454 g/mol. The number of Topliss-reactive ketones (excluding diaryl/α,β-unsaturated/α-hetero) is 1. The molecule has 1 N–H and O–H groups in total. The van der Waals surface area contributed by atoms with Gasteiger partial charge >= 0.3 is 0 Å². The Kier molecular flexibility index (Phi) is 5.97. The van der Waals surface area contributed by atoms with Gasteiger partial charge in [-0.15, -0.1) is 11.3 Å². The molecule has 3 aromatic carbocycles. The maximum Gasteiger partial charge on any atom is 0.243 e. The van der Waals surface area contributed by atoms with Gasteiger partial charge in [-0.05, 0) is 61.4 Å². The normalized spacial score (nSPS) is 14.5. The number of anilines is 1. The van der Waals surface area contributed by atoms with Crippen LogP contribution in [-0.4, -0.2) is 43.1 Å². The Balaban J connectivity index is 1.31. The van der Waals surface area contributed by atoms with Crippen LogP contribution in [0.2, 0.25) is 0 Å². The van der Waals surface area contributed by atoms with Crippen LogP contribution < -0.4 is 5.32 Å². The van der Waals surface area contributed by atoms with Crippen molar-refractivity contribution in [3.63, 3.8) is 0 Å². The zero-order valence-electron chi connectivity index (χ0n) is 17.9. The van der Waals surface area contributed by atoms with Crippen LogP contribution in [0.25, 0.3) is 20.8 Å². The zero-order chi connectivity index (χ0) is 22.8. The number of hydrogen-bond donors (Lipinski definition) is 1. The van der Waals surface area contributed by atoms with E-state index >= 15 is 0 Å². The minimum Gasteiger partial charge on any atom is -0.377 e. The molecule has 0 atom stereocenters. The van der Waals surface area contributed by atoms with Gasteiger partial charge in [-0.1, -0.05) is 24.3 Å². The first-order chi connectivity index (χ1) is 16.0. The molecular formula is C25H23N3O3S2. The third kappa shape index (κ3) is 4.42. The van der Waals surface area contributed by atoms with Gasteiger partial charge in [-0.3, -0.25) is 4.79 Å². The summed E-state index contributed by atoms with van der Waals surface area (Å²) < 4.78 is 28.0. The van der Waals surface area contributed by atoms with Gasteiger partial charge in [0.25, 0.3) is 0 Å². The molecule has 6 nitrogen and oxygen atoms in total. The average Bonchev–Trinajstić information content (AvgIpc) is 3.53. The summed E-state index contributed by atoms with van der Waals surface area (Å²) >= 11 is 1.61. The standard InChI is InChI=1S/C25H23N3O3S2/c29-23(18-11-13-19(14-12-18)33(30,31)28-15-5-6-16-28)17-26-21-8-2-1-7-20(21)25-27-22-9-3-4-10-24(22)32-25/h1-4,7-14,26H,5-6,15-17H2. The first-order valence-electron chi connectivity index (χ1n) is 10.8. The number of fused-ring (bicyclic) bond motifs is 1. The first-order valence-corrected chi connectivity index (χ1v) is 13.1. The highest BCUT2D eigenvalue weighted by atomic mass is 32.2. The average molecular weight is 478 g/mol. The van der Waals surface area contributed by atoms with E-state index in [4.69, 9.17) is 4.98 Å². The molecule has 0 spiro atoms. The van der Waals surface area contributed by atoms with Crippen LogP contribution in [-0.2, 0) is 10.0 Å². The predicted octanol–water partition coefficient (Wildman–Crippen LogP) is 5.04. The van der Waals surface area contributed by atoms with Crippen LogP contribution in [0.5, 0.6) is 0 Å². The molecule has 4 aromatic rings. The number of para-hydroxylation sites is 2. The Morgan fingerprint density at radius 1 is 0.939 bits per heavy atom. The Morgan fingerprint density at radius 3 is 2.39 bits per heavy atom. The number of carbonyl (C=O) groups is 1. The third-order valence-electron chi connectivity index (χ3n) is 5.77. The second kappa shape index (κ2) is 9.05. The molecule has 5 rings (SSSR count). The number of thiazole rings is 1. The smallest absolute Gasteiger partial charge is 0.243 e. The molecule has 0 amide bonds. The van der Waals surface area contributed by atoms with Crippen LogP contribution >= 0.6 is 11.3 Å². The molecule has 1 saturated heterocycles. The van der Waals surface area contributed by atoms with E-state index in [9.17, 15) is 13.2 Å². The molecule has 0 saturated carbocycles. The van der Waals surface area contributed by atoms with Gasteiger partial charge in [-0.2, -0.15) is 4.31 Å². The molecule has 0 radical (unpaired) electrons. The molecule has 1 fully saturated rings. The molecule has 0 bridgehead atoms. The predicted molar refractivity (Wildman–Crippen MR) is 132 cm³/mol. The minimum absolute atomic E-state index is 0.0974. The minimum atomic E-state index is -3.48. The molecule has 168 valence electrons. The van der Waals surface area contributed by atoms with Crippen LogP contribution in [0, 0.1) is 0 Å². The van der Waals surface area contributed by atoms with Gasteiger partial charge in [0.15, 0.2) is 5.78 Å². The Hall–Kier alpha value is -3.07. The fourth-order valence-corrected chi connectivity index (χ4v) is 6.50. The van der Waals surface area contributed by atoms with E-state index in [1.165, 1.54) is 16.4 Å². The summed E-state index contributed by atoms with van der Waals surface area (Å²) in [5, 5.41) is 4.13. The van der Waals surface area contributed by atoms with E-state index in [-0.39, 0.29) is 17.2 Å². The summed E-state index contributed by atoms with van der Waals surface area (Å²) in [7, 11) is -3.48. The molecule has 0 aliphatic carbocycles. The van der Waals surface area contributed by atoms with Gasteiger partial charge in [-0.25, -0.2) is 13.4 Å². The van der Waals surface area contributed by atoms with Crippen molar-refractivity contribution < 1.29 is 13.2 Å². The summed E-state index contributed by atoms with van der Waals surface area (Å²) in [5.41, 5.74) is 3.20. The number of ketones is 1. The summed E-state index contributed by atoms with van der Waals surface area (Å²) in [6, 6.07) is 22.0. The van der Waals surface area contributed by atoms with Gasteiger partial charge in [0.2, 0.25) is 10.0 Å². The van der Waals surface area contributed by atoms with Gasteiger partial charge in [0.1, 0.15) is 5.01 Å². The van der Waals surface area contributed by atoms with E-state index in [1.807, 2.05) is 48.5 Å². The molecule has 1 aromatic heterocycles. The van der Waals surface area contributed by atoms with Crippen molar-refractivity contribution >= 4 is 43.0 Å². The Bertz CT molecular complexity index is 1370. The third-order valence-corrected chi connectivity index (χ3v) is 8.75. The monoisotopic (exact) mass is 477 g/mol. The molecule has 8 heteroatoms. The number of sulfonamides is 1. The van der Waals surface area contributed by atoms with Crippen molar-refractivity contribution in [3.05, 3.63) is 78.4 Å². The molecule has 1 aliphatic heterocycles. The first kappa shape index (κ1) is 21.8. The second-order valence-corrected chi connectivity index (χ2v) is 10.9. The van der Waals surface area contributed by atoms with Crippen molar-refractivity contribution in [3.8, 4) is 10.6 Å². The highest BCUT2D eigenvalue weighted by Crippen LogP contribution is 2.34. The van der Waals surface area contributed by atoms with Crippen molar-refractivity contribution in [2.45, 2.75) is 17.7 Å². The number of nitrogens with one attached hydrogen (secondary N) is 1. The molecule has 1 aliphatic rings. The van der Waals surface area contributed by atoms with E-state index < -0.39 is 10.0 Å². The quantitative estimate of drug-likeness (QED) is 0.377. The summed E-state index contributed by atoms with van der Waals surface area (Å²) in [6.45, 7) is 1.21. The van der Waals surface area contributed by atoms with Crippen molar-refractivity contribution in [2.24, 2.45) is 0 Å². The lowest BCUT2D eigenvalue weighted by atomic mass is 10.1. The second-order valence-electron chi connectivity index (χ2n) is 7.94. The van der Waals surface area contributed by atoms with E-state index in [0.29, 0.717) is 18.7 Å². The van der Waals surface area contributed by atoms with Crippen molar-refractivity contribution in [1.82, 2.24) is 9.29 Å². The van der Waals surface area contributed by atoms with Crippen molar-refractivity contribution in [1.29, 1.82) is 0 Å². The van der Waals surface area contributed by atoms with Gasteiger partial charge in [0.05, 0.1) is 21.7 Å². The number of aromatic nitrogens is 1. The molecule has 33 heavy (non-hydrogen) atoms. The number of benzene rings is 3. The Labute approximate surface area is 197 Å². The fourth-order valence-electron chi connectivity index (χ4n) is 3.98. The SMILES string of the molecule is O=C(CNc1ccccc1-c1nc2ccccc2s1)c1ccc(S(=O)(=O)N2CCCC2)cc1. The van der Waals surface area contributed by atoms with Crippen LogP contribution in [0.15, 0.2) is 77.7 Å². The number of rotatable bonds is 7. The summed E-state index contributed by atoms with van der Waals surface area (Å²) in [5.74, 6) is -0.112. The Morgan fingerprint density at radius 2 is 1.64 bits per heavy atom. The fraction of sp³-hybridized carbons (Fsp3) is 0.200. The maximum atomic E-state index is 12.8. The van der Waals surface area contributed by atoms with Crippen LogP contribution in [0.3, 0.4) is 0 Å². The lowest BCUT2D eigenvalue weighted by molar-refractivity contribution is 0.101. The lowest BCUT2D eigenvalue weighted by Gasteiger charge is -2.15. The van der Waals surface area contributed by atoms with Gasteiger partial charge < -0.3 is 5.32 Å². The zero-order valence-corrected chi connectivity index (χ0v) is 19.5. The van der Waals surface area contributed by atoms with Gasteiger partial charge in [0, 0.05) is 29.9 Å². The molecule has 0 unspecified atom stereocenters. The highest BCUT2D eigenvalue weighted by Gasteiger charge is 2.27. The molecule has 2 heterocycles. The van der Waals surface area contributed by atoms with Crippen molar-refractivity contribution in [2.75, 3.05) is 25.0 Å². The summed E-state index contributed by atoms with van der Waals surface area (Å²) in [6.07, 6.45) is 1.78. The van der Waals surface area contributed by atoms with E-state index in [1.54, 1.807) is 23.5 Å². The maximum absolute atomic E-state index is 12.8. The number of hydrogen-bond acceptors (Lipinski definition) is 6. The lowest BCUT2D eigenvalue weighted by Crippen LogP contribution is -2.27. The largest absolute Gasteiger partial charge is 0.377 e. The van der Waals surface area contributed by atoms with Crippen LogP contribution in [0.4, 0.5) is 5.69 Å². The van der Waals surface area contributed by atoms with E-state index in [0.717, 1.165) is 39.3 Å². The topological polar surface area (TPSA) is 79.4 Å².